The number of aromatic nitrogens is 1. The maximum atomic E-state index is 11.6. The summed E-state index contributed by atoms with van der Waals surface area (Å²) in [5, 5.41) is 1.06. The molecule has 0 N–H and O–H groups in total. The van der Waals surface area contributed by atoms with Crippen LogP contribution in [0.5, 0.6) is 0 Å². The van der Waals surface area contributed by atoms with Gasteiger partial charge in [-0.1, -0.05) is 15.9 Å². The lowest BCUT2D eigenvalue weighted by Crippen LogP contribution is -1.91. The van der Waals surface area contributed by atoms with Crippen molar-refractivity contribution in [3.63, 3.8) is 0 Å². The highest BCUT2D eigenvalue weighted by molar-refractivity contribution is 9.10. The molecule has 0 radical (unpaired) electrons. The van der Waals surface area contributed by atoms with Crippen molar-refractivity contribution in [1.29, 1.82) is 0 Å². The Morgan fingerprint density at radius 1 is 1.44 bits per heavy atom. The second kappa shape index (κ2) is 3.45. The number of halogens is 1. The Kier molecular flexibility index (Phi) is 2.18. The van der Waals surface area contributed by atoms with Crippen LogP contribution in [0.4, 0.5) is 0 Å². The van der Waals surface area contributed by atoms with Crippen molar-refractivity contribution >= 4 is 32.6 Å². The van der Waals surface area contributed by atoms with Gasteiger partial charge < -0.3 is 4.57 Å². The molecule has 0 spiro atoms. The van der Waals surface area contributed by atoms with E-state index < -0.39 is 0 Å². The van der Waals surface area contributed by atoms with Crippen molar-refractivity contribution in [2.75, 3.05) is 0 Å². The number of ketones is 1. The molecule has 1 heterocycles. The first-order valence-corrected chi connectivity index (χ1v) is 6.27. The monoisotopic (exact) mass is 277 g/mol. The molecule has 2 aromatic rings. The first-order chi connectivity index (χ1) is 7.66. The number of hydrogen-bond donors (Lipinski definition) is 0. The zero-order valence-corrected chi connectivity index (χ0v) is 10.6. The fourth-order valence-electron chi connectivity index (χ4n) is 2.16. The highest BCUT2D eigenvalue weighted by Gasteiger charge is 2.26. The van der Waals surface area contributed by atoms with Gasteiger partial charge in [0, 0.05) is 33.2 Å². The van der Waals surface area contributed by atoms with E-state index in [9.17, 15) is 4.79 Å². The van der Waals surface area contributed by atoms with E-state index in [1.54, 1.807) is 6.92 Å². The number of Topliss-reactive ketones (excluding diaryl/α,β-unsaturated/α-hetero) is 1. The third-order valence-electron chi connectivity index (χ3n) is 3.11. The molecule has 1 aliphatic rings. The predicted molar refractivity (Wildman–Crippen MR) is 67.9 cm³/mol. The molecule has 0 atom stereocenters. The van der Waals surface area contributed by atoms with Gasteiger partial charge in [-0.15, -0.1) is 0 Å². The Morgan fingerprint density at radius 2 is 2.19 bits per heavy atom. The van der Waals surface area contributed by atoms with Crippen molar-refractivity contribution in [3.8, 4) is 0 Å². The quantitative estimate of drug-likeness (QED) is 0.762. The van der Waals surface area contributed by atoms with Gasteiger partial charge in [-0.25, -0.2) is 0 Å². The third-order valence-corrected chi connectivity index (χ3v) is 3.61. The van der Waals surface area contributed by atoms with Gasteiger partial charge in [0.1, 0.15) is 0 Å². The summed E-state index contributed by atoms with van der Waals surface area (Å²) in [5.74, 6) is 0.141. The van der Waals surface area contributed by atoms with Gasteiger partial charge in [0.15, 0.2) is 5.78 Å². The minimum atomic E-state index is 0.141. The van der Waals surface area contributed by atoms with E-state index in [4.69, 9.17) is 0 Å². The van der Waals surface area contributed by atoms with E-state index in [0.29, 0.717) is 6.04 Å². The fraction of sp³-hybridized carbons (Fsp3) is 0.308. The molecular weight excluding hydrogens is 266 g/mol. The molecule has 2 nitrogen and oxygen atoms in total. The van der Waals surface area contributed by atoms with Crippen LogP contribution in [0, 0.1) is 0 Å². The molecule has 1 fully saturated rings. The van der Waals surface area contributed by atoms with Crippen LogP contribution in [-0.2, 0) is 0 Å². The van der Waals surface area contributed by atoms with Crippen molar-refractivity contribution in [2.45, 2.75) is 25.8 Å². The summed E-state index contributed by atoms with van der Waals surface area (Å²) >= 11 is 3.46. The smallest absolute Gasteiger partial charge is 0.161 e. The Morgan fingerprint density at radius 3 is 2.81 bits per heavy atom. The molecule has 1 aliphatic carbocycles. The van der Waals surface area contributed by atoms with E-state index in [-0.39, 0.29) is 5.78 Å². The van der Waals surface area contributed by atoms with Gasteiger partial charge in [-0.05, 0) is 38.0 Å². The SMILES string of the molecule is CC(=O)c1cn(C2CC2)c2ccc(Br)cc12. The first-order valence-electron chi connectivity index (χ1n) is 5.48. The van der Waals surface area contributed by atoms with Crippen LogP contribution in [0.15, 0.2) is 28.9 Å². The van der Waals surface area contributed by atoms with Crippen molar-refractivity contribution in [1.82, 2.24) is 4.57 Å². The zero-order chi connectivity index (χ0) is 11.3. The largest absolute Gasteiger partial charge is 0.344 e. The summed E-state index contributed by atoms with van der Waals surface area (Å²) in [6.07, 6.45) is 4.48. The minimum Gasteiger partial charge on any atom is -0.344 e. The second-order valence-electron chi connectivity index (χ2n) is 4.40. The van der Waals surface area contributed by atoms with E-state index >= 15 is 0 Å². The molecule has 0 aliphatic heterocycles. The highest BCUT2D eigenvalue weighted by Crippen LogP contribution is 2.39. The van der Waals surface area contributed by atoms with E-state index in [1.165, 1.54) is 18.4 Å². The summed E-state index contributed by atoms with van der Waals surface area (Å²) in [7, 11) is 0. The van der Waals surface area contributed by atoms with Gasteiger partial charge in [-0.2, -0.15) is 0 Å². The number of hydrogen-bond acceptors (Lipinski definition) is 1. The van der Waals surface area contributed by atoms with Crippen molar-refractivity contribution in [2.24, 2.45) is 0 Å². The standard InChI is InChI=1S/C13H12BrNO/c1-8(16)12-7-15(10-3-4-10)13-5-2-9(14)6-11(12)13/h2,5-7,10H,3-4H2,1H3. The lowest BCUT2D eigenvalue weighted by Gasteiger charge is -2.01. The lowest BCUT2D eigenvalue weighted by atomic mass is 10.1. The maximum Gasteiger partial charge on any atom is 0.161 e. The minimum absolute atomic E-state index is 0.141. The predicted octanol–water partition coefficient (Wildman–Crippen LogP) is 3.94. The third kappa shape index (κ3) is 1.50. The summed E-state index contributed by atoms with van der Waals surface area (Å²) in [4.78, 5) is 11.6. The molecular formula is C13H12BrNO. The van der Waals surface area contributed by atoms with E-state index in [2.05, 4.69) is 26.6 Å². The Labute approximate surface area is 102 Å². The van der Waals surface area contributed by atoms with Gasteiger partial charge in [-0.3, -0.25) is 4.79 Å². The molecule has 0 amide bonds. The number of benzene rings is 1. The number of rotatable bonds is 2. The second-order valence-corrected chi connectivity index (χ2v) is 5.31. The Bertz CT molecular complexity index is 581. The molecule has 16 heavy (non-hydrogen) atoms. The van der Waals surface area contributed by atoms with Gasteiger partial charge in [0.25, 0.3) is 0 Å². The fourth-order valence-corrected chi connectivity index (χ4v) is 2.52. The average molecular weight is 278 g/mol. The van der Waals surface area contributed by atoms with Crippen LogP contribution in [-0.4, -0.2) is 10.4 Å². The van der Waals surface area contributed by atoms with Gasteiger partial charge in [0.2, 0.25) is 0 Å². The van der Waals surface area contributed by atoms with E-state index in [0.717, 1.165) is 15.4 Å². The summed E-state index contributed by atoms with van der Waals surface area (Å²) in [6.45, 7) is 1.63. The average Bonchev–Trinajstić information content (AvgIpc) is 2.99. The van der Waals surface area contributed by atoms with Crippen LogP contribution in [0.1, 0.15) is 36.2 Å². The van der Waals surface area contributed by atoms with Crippen molar-refractivity contribution < 1.29 is 4.79 Å². The highest BCUT2D eigenvalue weighted by atomic mass is 79.9. The summed E-state index contributed by atoms with van der Waals surface area (Å²) < 4.78 is 3.27. The Hall–Kier alpha value is -1.09. The molecule has 82 valence electrons. The molecule has 3 heteroatoms. The Balaban J connectivity index is 2.32. The van der Waals surface area contributed by atoms with E-state index in [1.807, 2.05) is 18.3 Å². The maximum absolute atomic E-state index is 11.6. The summed E-state index contributed by atoms with van der Waals surface area (Å²) in [6, 6.07) is 6.76. The molecule has 0 saturated heterocycles. The topological polar surface area (TPSA) is 22.0 Å². The van der Waals surface area contributed by atoms with Crippen LogP contribution < -0.4 is 0 Å². The van der Waals surface area contributed by atoms with Crippen LogP contribution in [0.2, 0.25) is 0 Å². The van der Waals surface area contributed by atoms with Crippen LogP contribution >= 0.6 is 15.9 Å². The zero-order valence-electron chi connectivity index (χ0n) is 9.03. The van der Waals surface area contributed by atoms with Crippen LogP contribution in [0.25, 0.3) is 10.9 Å². The molecule has 3 rings (SSSR count). The molecule has 0 bridgehead atoms. The lowest BCUT2D eigenvalue weighted by molar-refractivity contribution is 0.101. The van der Waals surface area contributed by atoms with Gasteiger partial charge in [0.05, 0.1) is 0 Å². The number of carbonyl (C=O) groups is 1. The van der Waals surface area contributed by atoms with Crippen molar-refractivity contribution in [3.05, 3.63) is 34.4 Å². The molecule has 1 saturated carbocycles. The normalized spacial score (nSPS) is 15.6. The summed E-state index contributed by atoms with van der Waals surface area (Å²) in [5.41, 5.74) is 2.01. The molecule has 1 aromatic heterocycles. The first kappa shape index (κ1) is 10.1. The molecule has 1 aromatic carbocycles. The van der Waals surface area contributed by atoms with Gasteiger partial charge >= 0.3 is 0 Å². The van der Waals surface area contributed by atoms with Crippen LogP contribution in [0.3, 0.4) is 0 Å². The number of nitrogens with zero attached hydrogens (tertiary/aromatic N) is 1. The number of fused-ring (bicyclic) bond motifs is 1. The number of carbonyl (C=O) groups excluding carboxylic acids is 1. The molecule has 0 unspecified atom stereocenters.